The number of hydrogen-bond acceptors (Lipinski definition) is 6. The molecule has 3 heterocycles. The number of carbonyl (C=O) groups is 2. The lowest BCUT2D eigenvalue weighted by Gasteiger charge is -2.34. The van der Waals surface area contributed by atoms with E-state index in [4.69, 9.17) is 5.73 Å². The Morgan fingerprint density at radius 3 is 2.64 bits per heavy atom. The summed E-state index contributed by atoms with van der Waals surface area (Å²) in [6, 6.07) is 1.59. The molecule has 0 radical (unpaired) electrons. The van der Waals surface area contributed by atoms with E-state index < -0.39 is 5.91 Å². The summed E-state index contributed by atoms with van der Waals surface area (Å²) in [6.07, 6.45) is 6.36. The van der Waals surface area contributed by atoms with E-state index in [1.54, 1.807) is 18.5 Å². The molecule has 0 spiro atoms. The molecule has 2 aromatic heterocycles. The molecule has 1 saturated heterocycles. The minimum absolute atomic E-state index is 0.0677. The lowest BCUT2D eigenvalue weighted by atomic mass is 10.1. The Labute approximate surface area is 167 Å². The van der Waals surface area contributed by atoms with E-state index in [1.165, 1.54) is 21.1 Å². The Balaban J connectivity index is 1.39. The average molecular weight is 402 g/mol. The molecule has 8 nitrogen and oxygen atoms in total. The standard InChI is InChI=1S/C19H24N6O2S/c1-12(24-8-10-25(11-9-24)19-21-6-3-7-22-19)17(27)23-18-15(16(20)26)13-4-2-5-14(13)28-18/h3,6-7,12H,2,4-5,8-11H2,1H3,(H2,20,26)(H,23,27)/p+1/t12-/m0/s1. The molecule has 0 bridgehead atoms. The summed E-state index contributed by atoms with van der Waals surface area (Å²) in [5.74, 6) is 0.214. The van der Waals surface area contributed by atoms with Gasteiger partial charge in [0, 0.05) is 17.3 Å². The average Bonchev–Trinajstić information content (AvgIpc) is 3.28. The van der Waals surface area contributed by atoms with Crippen LogP contribution in [0, 0.1) is 0 Å². The molecule has 28 heavy (non-hydrogen) atoms. The van der Waals surface area contributed by atoms with E-state index in [9.17, 15) is 9.59 Å². The van der Waals surface area contributed by atoms with Gasteiger partial charge in [-0.2, -0.15) is 0 Å². The van der Waals surface area contributed by atoms with E-state index in [-0.39, 0.29) is 11.9 Å². The molecule has 0 unspecified atom stereocenters. The maximum Gasteiger partial charge on any atom is 0.282 e. The number of rotatable bonds is 5. The first kappa shape index (κ1) is 18.8. The molecular formula is C19H25N6O2S+. The maximum atomic E-state index is 12.8. The fourth-order valence-corrected chi connectivity index (χ4v) is 5.34. The molecule has 1 atom stereocenters. The molecule has 2 aromatic rings. The summed E-state index contributed by atoms with van der Waals surface area (Å²) in [5.41, 5.74) is 7.14. The zero-order valence-corrected chi connectivity index (χ0v) is 16.7. The number of thiophene rings is 1. The van der Waals surface area contributed by atoms with Crippen LogP contribution in [0.5, 0.6) is 0 Å². The fourth-order valence-electron chi connectivity index (χ4n) is 4.04. The van der Waals surface area contributed by atoms with Crippen molar-refractivity contribution in [2.45, 2.75) is 32.2 Å². The van der Waals surface area contributed by atoms with Crippen molar-refractivity contribution >= 4 is 34.1 Å². The van der Waals surface area contributed by atoms with Gasteiger partial charge in [-0.25, -0.2) is 9.97 Å². The molecule has 0 aromatic carbocycles. The molecule has 4 rings (SSSR count). The van der Waals surface area contributed by atoms with E-state index in [1.807, 2.05) is 6.92 Å². The number of fused-ring (bicyclic) bond motifs is 1. The maximum absolute atomic E-state index is 12.8. The summed E-state index contributed by atoms with van der Waals surface area (Å²) in [6.45, 7) is 5.20. The van der Waals surface area contributed by atoms with Crippen LogP contribution >= 0.6 is 11.3 Å². The van der Waals surface area contributed by atoms with Crippen molar-refractivity contribution in [3.05, 3.63) is 34.5 Å². The van der Waals surface area contributed by atoms with Crippen molar-refractivity contribution in [3.63, 3.8) is 0 Å². The van der Waals surface area contributed by atoms with Gasteiger partial charge in [-0.1, -0.05) is 0 Å². The fraction of sp³-hybridized carbons (Fsp3) is 0.474. The minimum Gasteiger partial charge on any atom is -0.365 e. The lowest BCUT2D eigenvalue weighted by molar-refractivity contribution is -0.914. The summed E-state index contributed by atoms with van der Waals surface area (Å²) >= 11 is 1.50. The van der Waals surface area contributed by atoms with Crippen LogP contribution < -0.4 is 20.9 Å². The number of hydrogen-bond donors (Lipinski definition) is 3. The number of piperazine rings is 1. The predicted molar refractivity (Wildman–Crippen MR) is 108 cm³/mol. The van der Waals surface area contributed by atoms with Gasteiger partial charge in [0.2, 0.25) is 5.95 Å². The Bertz CT molecular complexity index is 876. The smallest absolute Gasteiger partial charge is 0.282 e. The number of quaternary nitrogens is 1. The van der Waals surface area contributed by atoms with E-state index >= 15 is 0 Å². The zero-order valence-electron chi connectivity index (χ0n) is 15.9. The van der Waals surface area contributed by atoms with Gasteiger partial charge >= 0.3 is 0 Å². The highest BCUT2D eigenvalue weighted by molar-refractivity contribution is 7.17. The number of primary amides is 1. The van der Waals surface area contributed by atoms with Crippen LogP contribution in [0.15, 0.2) is 18.5 Å². The van der Waals surface area contributed by atoms with Gasteiger partial charge in [-0.05, 0) is 37.8 Å². The highest BCUT2D eigenvalue weighted by Crippen LogP contribution is 2.38. The number of nitrogens with one attached hydrogen (secondary N) is 2. The van der Waals surface area contributed by atoms with Crippen LogP contribution in [-0.2, 0) is 17.6 Å². The van der Waals surface area contributed by atoms with E-state index in [0.717, 1.165) is 57.0 Å². The summed E-state index contributed by atoms with van der Waals surface area (Å²) < 4.78 is 0. The van der Waals surface area contributed by atoms with Gasteiger partial charge in [0.25, 0.3) is 11.8 Å². The van der Waals surface area contributed by atoms with E-state index in [2.05, 4.69) is 20.2 Å². The number of nitrogens with zero attached hydrogens (tertiary/aromatic N) is 3. The third-order valence-electron chi connectivity index (χ3n) is 5.65. The Morgan fingerprint density at radius 2 is 1.96 bits per heavy atom. The number of carbonyl (C=O) groups excluding carboxylic acids is 2. The van der Waals surface area contributed by atoms with Crippen molar-refractivity contribution in [2.75, 3.05) is 36.4 Å². The van der Waals surface area contributed by atoms with Gasteiger partial charge in [-0.15, -0.1) is 11.3 Å². The van der Waals surface area contributed by atoms with Crippen LogP contribution in [-0.4, -0.2) is 54.0 Å². The summed E-state index contributed by atoms with van der Waals surface area (Å²) in [7, 11) is 0. The van der Waals surface area contributed by atoms with Crippen molar-refractivity contribution in [3.8, 4) is 0 Å². The second-order valence-corrected chi connectivity index (χ2v) is 8.44. The van der Waals surface area contributed by atoms with Gasteiger partial charge < -0.3 is 20.9 Å². The van der Waals surface area contributed by atoms with Crippen LogP contribution in [0.4, 0.5) is 10.9 Å². The Hall–Kier alpha value is -2.52. The molecule has 2 amide bonds. The number of aryl methyl sites for hydroxylation is 1. The van der Waals surface area contributed by atoms with Crippen molar-refractivity contribution in [1.29, 1.82) is 0 Å². The van der Waals surface area contributed by atoms with Crippen molar-refractivity contribution in [1.82, 2.24) is 9.97 Å². The predicted octanol–water partition coefficient (Wildman–Crippen LogP) is -0.142. The number of nitrogens with two attached hydrogens (primary N) is 1. The first-order valence-electron chi connectivity index (χ1n) is 9.66. The molecule has 9 heteroatoms. The highest BCUT2D eigenvalue weighted by atomic mass is 32.1. The van der Waals surface area contributed by atoms with Crippen molar-refractivity contribution < 1.29 is 14.5 Å². The summed E-state index contributed by atoms with van der Waals surface area (Å²) in [4.78, 5) is 37.9. The molecule has 0 saturated carbocycles. The van der Waals surface area contributed by atoms with Crippen LogP contribution in [0.25, 0.3) is 0 Å². The first-order valence-corrected chi connectivity index (χ1v) is 10.5. The number of anilines is 2. The topological polar surface area (TPSA) is 106 Å². The van der Waals surface area contributed by atoms with Gasteiger partial charge in [0.15, 0.2) is 6.04 Å². The minimum atomic E-state index is -0.453. The van der Waals surface area contributed by atoms with Crippen LogP contribution in [0.2, 0.25) is 0 Å². The zero-order chi connectivity index (χ0) is 19.7. The normalized spacial score (nSPS) is 18.0. The molecule has 2 aliphatic rings. The van der Waals surface area contributed by atoms with E-state index in [0.29, 0.717) is 10.6 Å². The van der Waals surface area contributed by atoms with Gasteiger partial charge in [0.05, 0.1) is 31.7 Å². The summed E-state index contributed by atoms with van der Waals surface area (Å²) in [5, 5.41) is 3.60. The quantitative estimate of drug-likeness (QED) is 0.647. The Kier molecular flexibility index (Phi) is 5.27. The van der Waals surface area contributed by atoms with Gasteiger partial charge in [0.1, 0.15) is 5.00 Å². The SMILES string of the molecule is C[C@@H](C(=O)Nc1sc2c(c1C(N)=O)CCC2)[NH+]1CCN(c2ncccn2)CC1. The van der Waals surface area contributed by atoms with Crippen LogP contribution in [0.3, 0.4) is 0 Å². The third kappa shape index (κ3) is 3.59. The largest absolute Gasteiger partial charge is 0.365 e. The van der Waals surface area contributed by atoms with Crippen molar-refractivity contribution in [2.24, 2.45) is 5.73 Å². The van der Waals surface area contributed by atoms with Crippen LogP contribution in [0.1, 0.15) is 34.1 Å². The first-order chi connectivity index (χ1) is 13.5. The molecule has 4 N–H and O–H groups in total. The molecule has 1 fully saturated rings. The highest BCUT2D eigenvalue weighted by Gasteiger charge is 2.32. The van der Waals surface area contributed by atoms with Gasteiger partial charge in [-0.3, -0.25) is 9.59 Å². The molecule has 1 aliphatic heterocycles. The molecule has 148 valence electrons. The number of amides is 2. The monoisotopic (exact) mass is 401 g/mol. The second-order valence-electron chi connectivity index (χ2n) is 7.33. The number of aromatic nitrogens is 2. The second kappa shape index (κ2) is 7.84. The lowest BCUT2D eigenvalue weighted by Crippen LogP contribution is -3.19. The molecule has 1 aliphatic carbocycles. The molecular weight excluding hydrogens is 376 g/mol. The third-order valence-corrected chi connectivity index (χ3v) is 6.86. The Morgan fingerprint density at radius 1 is 1.25 bits per heavy atom.